The Labute approximate surface area is 159 Å². The van der Waals surface area contributed by atoms with Crippen LogP contribution in [-0.2, 0) is 6.54 Å². The lowest BCUT2D eigenvalue weighted by molar-refractivity contribution is -0.384. The van der Waals surface area contributed by atoms with Crippen molar-refractivity contribution in [3.05, 3.63) is 52.2 Å². The second-order valence-corrected chi connectivity index (χ2v) is 7.15. The Morgan fingerprint density at radius 2 is 1.81 bits per heavy atom. The summed E-state index contributed by atoms with van der Waals surface area (Å²) in [6.07, 6.45) is 3.92. The van der Waals surface area contributed by atoms with Crippen LogP contribution in [0.25, 0.3) is 0 Å². The van der Waals surface area contributed by atoms with Crippen LogP contribution in [0.5, 0.6) is 0 Å². The number of nitro benzene ring substituents is 1. The largest absolute Gasteiger partial charge is 0.356 e. The molecule has 144 valence electrons. The third kappa shape index (κ3) is 4.71. The molecule has 1 aliphatic rings. The van der Waals surface area contributed by atoms with Gasteiger partial charge in [-0.2, -0.15) is 4.98 Å². The summed E-state index contributed by atoms with van der Waals surface area (Å²) in [4.78, 5) is 25.9. The van der Waals surface area contributed by atoms with E-state index in [0.29, 0.717) is 6.04 Å². The van der Waals surface area contributed by atoms with Gasteiger partial charge in [-0.3, -0.25) is 15.0 Å². The molecule has 1 aliphatic heterocycles. The Morgan fingerprint density at radius 3 is 2.41 bits per heavy atom. The molecule has 2 heterocycles. The van der Waals surface area contributed by atoms with Gasteiger partial charge in [-0.05, 0) is 24.5 Å². The predicted molar refractivity (Wildman–Crippen MR) is 106 cm³/mol. The SMILES string of the molecule is CN(C)c1nccc(N(C)C2CCN(Cc3ccc([N+](=O)[O-])cc3)CC2)n1. The Hall–Kier alpha value is -2.74. The van der Waals surface area contributed by atoms with Crippen molar-refractivity contribution in [1.29, 1.82) is 0 Å². The van der Waals surface area contributed by atoms with Gasteiger partial charge in [-0.1, -0.05) is 12.1 Å². The van der Waals surface area contributed by atoms with Gasteiger partial charge in [-0.25, -0.2) is 4.98 Å². The molecule has 1 aromatic carbocycles. The number of hydrogen-bond acceptors (Lipinski definition) is 7. The highest BCUT2D eigenvalue weighted by molar-refractivity contribution is 5.43. The summed E-state index contributed by atoms with van der Waals surface area (Å²) in [6, 6.07) is 9.25. The quantitative estimate of drug-likeness (QED) is 0.571. The van der Waals surface area contributed by atoms with Gasteiger partial charge >= 0.3 is 0 Å². The Morgan fingerprint density at radius 1 is 1.15 bits per heavy atom. The van der Waals surface area contributed by atoms with Crippen LogP contribution in [0.4, 0.5) is 17.5 Å². The molecular formula is C19H26N6O2. The minimum atomic E-state index is -0.361. The van der Waals surface area contributed by atoms with Gasteiger partial charge in [-0.15, -0.1) is 0 Å². The lowest BCUT2D eigenvalue weighted by atomic mass is 10.0. The maximum absolute atomic E-state index is 10.8. The lowest BCUT2D eigenvalue weighted by Gasteiger charge is -2.37. The average Bonchev–Trinajstić information content (AvgIpc) is 2.68. The normalized spacial score (nSPS) is 15.5. The van der Waals surface area contributed by atoms with Gasteiger partial charge in [0.25, 0.3) is 5.69 Å². The van der Waals surface area contributed by atoms with E-state index in [9.17, 15) is 10.1 Å². The maximum Gasteiger partial charge on any atom is 0.269 e. The van der Waals surface area contributed by atoms with Gasteiger partial charge in [0.15, 0.2) is 0 Å². The number of nitrogens with zero attached hydrogens (tertiary/aromatic N) is 6. The number of piperidine rings is 1. The van der Waals surface area contributed by atoms with Gasteiger partial charge in [0, 0.05) is 65.1 Å². The van der Waals surface area contributed by atoms with E-state index in [1.165, 1.54) is 0 Å². The van der Waals surface area contributed by atoms with E-state index in [4.69, 9.17) is 0 Å². The molecular weight excluding hydrogens is 344 g/mol. The first-order valence-corrected chi connectivity index (χ1v) is 9.13. The summed E-state index contributed by atoms with van der Waals surface area (Å²) in [5, 5.41) is 10.8. The van der Waals surface area contributed by atoms with Crippen molar-refractivity contribution in [1.82, 2.24) is 14.9 Å². The van der Waals surface area contributed by atoms with E-state index in [-0.39, 0.29) is 10.6 Å². The number of benzene rings is 1. The number of non-ortho nitro benzene ring substituents is 1. The van der Waals surface area contributed by atoms with Crippen LogP contribution in [0.2, 0.25) is 0 Å². The second kappa shape index (κ2) is 8.30. The number of likely N-dealkylation sites (tertiary alicyclic amines) is 1. The molecule has 0 spiro atoms. The predicted octanol–water partition coefficient (Wildman–Crippen LogP) is 2.55. The van der Waals surface area contributed by atoms with Crippen LogP contribution in [0.1, 0.15) is 18.4 Å². The number of aromatic nitrogens is 2. The molecule has 1 saturated heterocycles. The van der Waals surface area contributed by atoms with Crippen LogP contribution in [0.3, 0.4) is 0 Å². The molecule has 8 nitrogen and oxygen atoms in total. The summed E-state index contributed by atoms with van der Waals surface area (Å²) in [5.41, 5.74) is 1.25. The monoisotopic (exact) mass is 370 g/mol. The Kier molecular flexibility index (Phi) is 5.85. The fraction of sp³-hybridized carbons (Fsp3) is 0.474. The molecule has 2 aromatic rings. The minimum absolute atomic E-state index is 0.140. The van der Waals surface area contributed by atoms with E-state index in [1.807, 2.05) is 37.2 Å². The average molecular weight is 370 g/mol. The van der Waals surface area contributed by atoms with Crippen molar-refractivity contribution in [3.63, 3.8) is 0 Å². The highest BCUT2D eigenvalue weighted by Crippen LogP contribution is 2.23. The molecule has 0 N–H and O–H groups in total. The van der Waals surface area contributed by atoms with Gasteiger partial charge in [0.05, 0.1) is 4.92 Å². The molecule has 0 saturated carbocycles. The first kappa shape index (κ1) is 19.0. The standard InChI is InChI=1S/C19H26N6O2/c1-22(2)19-20-11-8-18(21-19)23(3)16-9-12-24(13-10-16)14-15-4-6-17(7-5-15)25(26)27/h4-8,11,16H,9-10,12-14H2,1-3H3. The Bertz CT molecular complexity index is 772. The zero-order valence-electron chi connectivity index (χ0n) is 16.1. The van der Waals surface area contributed by atoms with E-state index in [2.05, 4.69) is 26.8 Å². The first-order chi connectivity index (χ1) is 12.9. The zero-order valence-corrected chi connectivity index (χ0v) is 16.1. The molecule has 3 rings (SSSR count). The summed E-state index contributed by atoms with van der Waals surface area (Å²) in [7, 11) is 5.98. The van der Waals surface area contributed by atoms with Crippen molar-refractivity contribution in [2.75, 3.05) is 44.0 Å². The molecule has 8 heteroatoms. The van der Waals surface area contributed by atoms with Gasteiger partial charge in [0.2, 0.25) is 5.95 Å². The molecule has 0 radical (unpaired) electrons. The molecule has 0 atom stereocenters. The molecule has 0 aliphatic carbocycles. The van der Waals surface area contributed by atoms with Crippen LogP contribution in [-0.4, -0.2) is 60.1 Å². The molecule has 0 unspecified atom stereocenters. The van der Waals surface area contributed by atoms with Crippen molar-refractivity contribution >= 4 is 17.5 Å². The zero-order chi connectivity index (χ0) is 19.4. The van der Waals surface area contributed by atoms with Gasteiger partial charge in [0.1, 0.15) is 5.82 Å². The van der Waals surface area contributed by atoms with Crippen LogP contribution >= 0.6 is 0 Å². The topological polar surface area (TPSA) is 78.6 Å². The Balaban J connectivity index is 1.55. The first-order valence-electron chi connectivity index (χ1n) is 9.13. The molecule has 0 bridgehead atoms. The summed E-state index contributed by atoms with van der Waals surface area (Å²) in [6.45, 7) is 2.82. The smallest absolute Gasteiger partial charge is 0.269 e. The van der Waals surface area contributed by atoms with Crippen molar-refractivity contribution < 1.29 is 4.92 Å². The highest BCUT2D eigenvalue weighted by Gasteiger charge is 2.23. The van der Waals surface area contributed by atoms with E-state index >= 15 is 0 Å². The van der Waals surface area contributed by atoms with Crippen LogP contribution < -0.4 is 9.80 Å². The summed E-state index contributed by atoms with van der Waals surface area (Å²) in [5.74, 6) is 1.66. The second-order valence-electron chi connectivity index (χ2n) is 7.15. The van der Waals surface area contributed by atoms with Crippen molar-refractivity contribution in [3.8, 4) is 0 Å². The number of nitro groups is 1. The molecule has 27 heavy (non-hydrogen) atoms. The van der Waals surface area contributed by atoms with E-state index in [1.54, 1.807) is 18.3 Å². The number of hydrogen-bond donors (Lipinski definition) is 0. The minimum Gasteiger partial charge on any atom is -0.356 e. The lowest BCUT2D eigenvalue weighted by Crippen LogP contribution is -2.43. The highest BCUT2D eigenvalue weighted by atomic mass is 16.6. The third-order valence-corrected chi connectivity index (χ3v) is 5.05. The molecule has 1 fully saturated rings. The fourth-order valence-corrected chi connectivity index (χ4v) is 3.38. The number of anilines is 2. The molecule has 1 aromatic heterocycles. The van der Waals surface area contributed by atoms with Gasteiger partial charge < -0.3 is 9.80 Å². The van der Waals surface area contributed by atoms with Crippen molar-refractivity contribution in [2.24, 2.45) is 0 Å². The van der Waals surface area contributed by atoms with Crippen LogP contribution in [0, 0.1) is 10.1 Å². The summed E-state index contributed by atoms with van der Waals surface area (Å²) < 4.78 is 0. The summed E-state index contributed by atoms with van der Waals surface area (Å²) >= 11 is 0. The van der Waals surface area contributed by atoms with E-state index < -0.39 is 0 Å². The third-order valence-electron chi connectivity index (χ3n) is 5.05. The maximum atomic E-state index is 10.8. The number of rotatable bonds is 6. The fourth-order valence-electron chi connectivity index (χ4n) is 3.38. The molecule has 0 amide bonds. The van der Waals surface area contributed by atoms with Crippen molar-refractivity contribution in [2.45, 2.75) is 25.4 Å². The van der Waals surface area contributed by atoms with Crippen LogP contribution in [0.15, 0.2) is 36.5 Å². The van der Waals surface area contributed by atoms with E-state index in [0.717, 1.165) is 49.8 Å².